The molecule has 0 radical (unpaired) electrons. The van der Waals surface area contributed by atoms with E-state index in [0.29, 0.717) is 0 Å². The van der Waals surface area contributed by atoms with Gasteiger partial charge in [-0.15, -0.1) is 0 Å². The van der Waals surface area contributed by atoms with Gasteiger partial charge in [-0.05, 0) is 53.7 Å². The molecule has 2 heterocycles. The first-order chi connectivity index (χ1) is 13.1. The van der Waals surface area contributed by atoms with Crippen LogP contribution in [0.2, 0.25) is 0 Å². The molecule has 0 amide bonds. The van der Waals surface area contributed by atoms with Gasteiger partial charge in [0.1, 0.15) is 5.71 Å². The van der Waals surface area contributed by atoms with E-state index in [4.69, 9.17) is 9.98 Å². The van der Waals surface area contributed by atoms with Crippen molar-refractivity contribution < 1.29 is 0 Å². The van der Waals surface area contributed by atoms with Gasteiger partial charge in [-0.1, -0.05) is 36.4 Å². The van der Waals surface area contributed by atoms with Gasteiger partial charge in [0.15, 0.2) is 0 Å². The second-order valence-corrected chi connectivity index (χ2v) is 9.40. The molecule has 3 aromatic rings. The second kappa shape index (κ2) is 6.33. The number of H-pyrrole nitrogens is 1. The molecule has 0 saturated carbocycles. The van der Waals surface area contributed by atoms with E-state index in [1.54, 1.807) is 0 Å². The molecule has 0 bridgehead atoms. The topological polar surface area (TPSA) is 52.5 Å². The molecule has 0 unspecified atom stereocenters. The monoisotopic (exact) mass is 372 g/mol. The zero-order valence-electron chi connectivity index (χ0n) is 17.5. The first-order valence-corrected chi connectivity index (χ1v) is 9.80. The number of nitrogens with one attached hydrogen (secondary N) is 2. The number of rotatable bonds is 2. The molecule has 0 fully saturated rings. The van der Waals surface area contributed by atoms with Crippen molar-refractivity contribution in [1.82, 2.24) is 4.98 Å². The normalized spacial score (nSPS) is 15.8. The molecular weight excluding hydrogens is 344 g/mol. The standard InChI is InChI=1S/C24H28N4/c1-23(2,3)27-19-15-11-7-9-13-17(15)25-21(19)22-20(28-24(4,5)6)16-12-8-10-14-18(16)26-22/h7-14,25,27H,1-6H3. The first kappa shape index (κ1) is 18.5. The zero-order valence-corrected chi connectivity index (χ0v) is 17.5. The molecule has 28 heavy (non-hydrogen) atoms. The van der Waals surface area contributed by atoms with E-state index in [9.17, 15) is 0 Å². The lowest BCUT2D eigenvalue weighted by atomic mass is 10.0. The molecule has 2 aromatic carbocycles. The molecule has 1 aliphatic rings. The van der Waals surface area contributed by atoms with Crippen LogP contribution in [0, 0.1) is 0 Å². The minimum atomic E-state index is -0.197. The number of hydrogen-bond donors (Lipinski definition) is 2. The number of fused-ring (bicyclic) bond motifs is 2. The van der Waals surface area contributed by atoms with E-state index in [0.717, 1.165) is 39.6 Å². The lowest BCUT2D eigenvalue weighted by Gasteiger charge is -2.23. The third kappa shape index (κ3) is 3.47. The Hall–Kier alpha value is -2.88. The van der Waals surface area contributed by atoms with Gasteiger partial charge >= 0.3 is 0 Å². The van der Waals surface area contributed by atoms with Crippen molar-refractivity contribution >= 4 is 33.7 Å². The highest BCUT2D eigenvalue weighted by Gasteiger charge is 2.30. The molecule has 0 atom stereocenters. The highest BCUT2D eigenvalue weighted by Crippen LogP contribution is 2.36. The number of aliphatic imine (C=N–C) groups is 2. The van der Waals surface area contributed by atoms with Crippen molar-refractivity contribution in [3.05, 3.63) is 59.8 Å². The van der Waals surface area contributed by atoms with Gasteiger partial charge in [0.2, 0.25) is 0 Å². The van der Waals surface area contributed by atoms with E-state index in [1.807, 2.05) is 6.07 Å². The summed E-state index contributed by atoms with van der Waals surface area (Å²) in [6.45, 7) is 12.9. The van der Waals surface area contributed by atoms with Crippen LogP contribution >= 0.6 is 0 Å². The summed E-state index contributed by atoms with van der Waals surface area (Å²) >= 11 is 0. The molecule has 0 spiro atoms. The Balaban J connectivity index is 1.97. The number of anilines is 1. The van der Waals surface area contributed by atoms with E-state index < -0.39 is 0 Å². The third-order valence-electron chi connectivity index (χ3n) is 4.51. The smallest absolute Gasteiger partial charge is 0.115 e. The van der Waals surface area contributed by atoms with Gasteiger partial charge in [-0.2, -0.15) is 0 Å². The van der Waals surface area contributed by atoms with Crippen molar-refractivity contribution in [3.8, 4) is 0 Å². The Labute approximate surface area is 166 Å². The molecule has 0 saturated heterocycles. The lowest BCUT2D eigenvalue weighted by molar-refractivity contribution is 0.585. The Kier molecular flexibility index (Phi) is 4.18. The van der Waals surface area contributed by atoms with Crippen LogP contribution in [0.5, 0.6) is 0 Å². The quantitative estimate of drug-likeness (QED) is 0.561. The van der Waals surface area contributed by atoms with Gasteiger partial charge in [0, 0.05) is 22.0 Å². The van der Waals surface area contributed by atoms with Crippen molar-refractivity contribution in [2.75, 3.05) is 5.32 Å². The minimum absolute atomic E-state index is 0.0763. The second-order valence-electron chi connectivity index (χ2n) is 9.40. The van der Waals surface area contributed by atoms with Gasteiger partial charge in [0.05, 0.1) is 28.3 Å². The van der Waals surface area contributed by atoms with Gasteiger partial charge in [-0.3, -0.25) is 4.99 Å². The van der Waals surface area contributed by atoms with Crippen LogP contribution in [-0.2, 0) is 0 Å². The summed E-state index contributed by atoms with van der Waals surface area (Å²) in [4.78, 5) is 13.6. The predicted molar refractivity (Wildman–Crippen MR) is 121 cm³/mol. The largest absolute Gasteiger partial charge is 0.378 e. The summed E-state index contributed by atoms with van der Waals surface area (Å²) in [6.07, 6.45) is 0. The van der Waals surface area contributed by atoms with E-state index in [-0.39, 0.29) is 11.1 Å². The van der Waals surface area contributed by atoms with Crippen LogP contribution < -0.4 is 5.32 Å². The first-order valence-electron chi connectivity index (χ1n) is 9.80. The lowest BCUT2D eigenvalue weighted by Crippen LogP contribution is -2.28. The Morgan fingerprint density at radius 2 is 1.57 bits per heavy atom. The summed E-state index contributed by atoms with van der Waals surface area (Å²) < 4.78 is 0. The van der Waals surface area contributed by atoms with E-state index >= 15 is 0 Å². The van der Waals surface area contributed by atoms with E-state index in [2.05, 4.69) is 94.3 Å². The number of para-hydroxylation sites is 2. The Morgan fingerprint density at radius 3 is 2.29 bits per heavy atom. The van der Waals surface area contributed by atoms with Gasteiger partial charge in [0.25, 0.3) is 0 Å². The van der Waals surface area contributed by atoms with E-state index in [1.165, 1.54) is 5.39 Å². The van der Waals surface area contributed by atoms with Crippen molar-refractivity contribution in [1.29, 1.82) is 0 Å². The number of nitrogens with zero attached hydrogens (tertiary/aromatic N) is 2. The summed E-state index contributed by atoms with van der Waals surface area (Å²) in [6, 6.07) is 16.6. The summed E-state index contributed by atoms with van der Waals surface area (Å²) in [5.74, 6) is 0. The molecule has 4 rings (SSSR count). The van der Waals surface area contributed by atoms with Crippen LogP contribution in [0.1, 0.15) is 52.8 Å². The Bertz CT molecular complexity index is 1100. The van der Waals surface area contributed by atoms with Gasteiger partial charge in [-0.25, -0.2) is 4.99 Å². The zero-order chi connectivity index (χ0) is 20.1. The number of aromatic nitrogens is 1. The molecule has 2 N–H and O–H groups in total. The van der Waals surface area contributed by atoms with Crippen molar-refractivity contribution in [2.24, 2.45) is 9.98 Å². The Morgan fingerprint density at radius 1 is 0.893 bits per heavy atom. The highest BCUT2D eigenvalue weighted by atomic mass is 15.0. The van der Waals surface area contributed by atoms with Crippen LogP contribution in [0.4, 0.5) is 11.4 Å². The van der Waals surface area contributed by atoms with Crippen LogP contribution in [-0.4, -0.2) is 27.5 Å². The average molecular weight is 373 g/mol. The number of benzene rings is 2. The fraction of sp³-hybridized carbons (Fsp3) is 0.333. The highest BCUT2D eigenvalue weighted by molar-refractivity contribution is 6.57. The van der Waals surface area contributed by atoms with Crippen LogP contribution in [0.15, 0.2) is 58.5 Å². The molecular formula is C24H28N4. The van der Waals surface area contributed by atoms with Crippen LogP contribution in [0.3, 0.4) is 0 Å². The maximum absolute atomic E-state index is 5.05. The predicted octanol–water partition coefficient (Wildman–Crippen LogP) is 6.10. The molecule has 144 valence electrons. The van der Waals surface area contributed by atoms with Crippen molar-refractivity contribution in [2.45, 2.75) is 52.6 Å². The minimum Gasteiger partial charge on any atom is -0.378 e. The maximum Gasteiger partial charge on any atom is 0.115 e. The molecule has 1 aliphatic heterocycles. The average Bonchev–Trinajstić information content (AvgIpc) is 3.11. The fourth-order valence-electron chi connectivity index (χ4n) is 3.52. The number of hydrogen-bond acceptors (Lipinski definition) is 3. The third-order valence-corrected chi connectivity index (χ3v) is 4.51. The molecule has 4 heteroatoms. The van der Waals surface area contributed by atoms with Crippen LogP contribution in [0.25, 0.3) is 10.9 Å². The number of aromatic amines is 1. The molecule has 0 aliphatic carbocycles. The molecule has 4 nitrogen and oxygen atoms in total. The SMILES string of the molecule is CC(C)(C)N=C1C(c2[nH]c3ccccc3c2NC(C)(C)C)=Nc2ccccc21. The summed E-state index contributed by atoms with van der Waals surface area (Å²) in [5, 5.41) is 4.86. The molecule has 1 aromatic heterocycles. The van der Waals surface area contributed by atoms with Gasteiger partial charge < -0.3 is 10.3 Å². The van der Waals surface area contributed by atoms with Crippen molar-refractivity contribution in [3.63, 3.8) is 0 Å². The summed E-state index contributed by atoms with van der Waals surface area (Å²) in [7, 11) is 0. The fourth-order valence-corrected chi connectivity index (χ4v) is 3.52. The summed E-state index contributed by atoms with van der Waals surface area (Å²) in [5.41, 5.74) is 6.81. The maximum atomic E-state index is 5.05.